The summed E-state index contributed by atoms with van der Waals surface area (Å²) in [6, 6.07) is 12.8. The van der Waals surface area contributed by atoms with E-state index >= 15 is 0 Å². The van der Waals surface area contributed by atoms with E-state index in [0.717, 1.165) is 12.1 Å². The van der Waals surface area contributed by atoms with Gasteiger partial charge in [-0.15, -0.1) is 0 Å². The fourth-order valence-corrected chi connectivity index (χ4v) is 3.00. The Morgan fingerprint density at radius 1 is 1.11 bits per heavy atom. The van der Waals surface area contributed by atoms with Gasteiger partial charge >= 0.3 is 12.1 Å². The van der Waals surface area contributed by atoms with Crippen LogP contribution < -0.4 is 5.56 Å². The Balaban J connectivity index is 2.08. The van der Waals surface area contributed by atoms with Gasteiger partial charge in [0.15, 0.2) is 0 Å². The molecular formula is C20H16F3NO3. The molecule has 0 radical (unpaired) electrons. The van der Waals surface area contributed by atoms with E-state index < -0.39 is 29.2 Å². The SMILES string of the molecule is CC(C(=O)O)c1cc(=O)n(Cc2ccc(C(F)(F)F)cc2)c2ccccc12. The minimum absolute atomic E-state index is 0.0826. The van der Waals surface area contributed by atoms with E-state index in [1.807, 2.05) is 0 Å². The molecule has 0 saturated heterocycles. The van der Waals surface area contributed by atoms with Crippen LogP contribution >= 0.6 is 0 Å². The number of rotatable bonds is 4. The number of fused-ring (bicyclic) bond motifs is 1. The zero-order valence-electron chi connectivity index (χ0n) is 14.3. The Morgan fingerprint density at radius 2 is 1.74 bits per heavy atom. The predicted octanol–water partition coefficient (Wildman–Crippen LogP) is 4.26. The van der Waals surface area contributed by atoms with Gasteiger partial charge in [-0.2, -0.15) is 13.2 Å². The molecule has 1 unspecified atom stereocenters. The molecule has 3 aromatic rings. The van der Waals surface area contributed by atoms with Crippen molar-refractivity contribution in [3.63, 3.8) is 0 Å². The zero-order chi connectivity index (χ0) is 19.8. The van der Waals surface area contributed by atoms with Gasteiger partial charge in [-0.1, -0.05) is 30.3 Å². The fraction of sp³-hybridized carbons (Fsp3) is 0.200. The average Bonchev–Trinajstić information content (AvgIpc) is 2.62. The molecule has 2 aromatic carbocycles. The molecule has 0 aliphatic carbocycles. The van der Waals surface area contributed by atoms with Gasteiger partial charge < -0.3 is 9.67 Å². The molecule has 27 heavy (non-hydrogen) atoms. The Labute approximate surface area is 152 Å². The maximum absolute atomic E-state index is 12.7. The van der Waals surface area contributed by atoms with Crippen molar-refractivity contribution in [2.75, 3.05) is 0 Å². The molecule has 0 saturated carbocycles. The Bertz CT molecular complexity index is 1050. The highest BCUT2D eigenvalue weighted by molar-refractivity contribution is 5.88. The second-order valence-corrected chi connectivity index (χ2v) is 6.30. The van der Waals surface area contributed by atoms with E-state index in [2.05, 4.69) is 0 Å². The molecule has 7 heteroatoms. The highest BCUT2D eigenvalue weighted by Crippen LogP contribution is 2.29. The third-order valence-electron chi connectivity index (χ3n) is 4.51. The van der Waals surface area contributed by atoms with Gasteiger partial charge in [0, 0.05) is 11.5 Å². The number of carbonyl (C=O) groups is 1. The minimum atomic E-state index is -4.42. The van der Waals surface area contributed by atoms with Crippen LogP contribution in [0.3, 0.4) is 0 Å². The topological polar surface area (TPSA) is 59.3 Å². The number of hydrogen-bond donors (Lipinski definition) is 1. The first-order chi connectivity index (χ1) is 12.7. The van der Waals surface area contributed by atoms with E-state index in [9.17, 15) is 27.9 Å². The summed E-state index contributed by atoms with van der Waals surface area (Å²) >= 11 is 0. The summed E-state index contributed by atoms with van der Waals surface area (Å²) in [7, 11) is 0. The number of alkyl halides is 3. The number of pyridine rings is 1. The molecule has 140 valence electrons. The Hall–Kier alpha value is -3.09. The molecule has 0 aliphatic heterocycles. The highest BCUT2D eigenvalue weighted by atomic mass is 19.4. The third-order valence-corrected chi connectivity index (χ3v) is 4.51. The van der Waals surface area contributed by atoms with E-state index in [1.54, 1.807) is 24.3 Å². The lowest BCUT2D eigenvalue weighted by Crippen LogP contribution is -2.23. The van der Waals surface area contributed by atoms with Gasteiger partial charge in [-0.3, -0.25) is 9.59 Å². The van der Waals surface area contributed by atoms with Crippen LogP contribution in [0.5, 0.6) is 0 Å². The van der Waals surface area contributed by atoms with Crippen molar-refractivity contribution in [2.45, 2.75) is 25.6 Å². The molecule has 0 bridgehead atoms. The number of carboxylic acids is 1. The second kappa shape index (κ2) is 6.90. The van der Waals surface area contributed by atoms with Crippen molar-refractivity contribution in [1.29, 1.82) is 0 Å². The zero-order valence-corrected chi connectivity index (χ0v) is 14.3. The number of aliphatic carboxylic acids is 1. The van der Waals surface area contributed by atoms with Gasteiger partial charge in [-0.05, 0) is 36.2 Å². The van der Waals surface area contributed by atoms with Crippen molar-refractivity contribution in [2.24, 2.45) is 0 Å². The molecule has 1 heterocycles. The highest BCUT2D eigenvalue weighted by Gasteiger charge is 2.30. The average molecular weight is 375 g/mol. The largest absolute Gasteiger partial charge is 0.481 e. The van der Waals surface area contributed by atoms with Crippen LogP contribution in [-0.2, 0) is 17.5 Å². The quantitative estimate of drug-likeness (QED) is 0.741. The lowest BCUT2D eigenvalue weighted by molar-refractivity contribution is -0.138. The molecule has 1 aromatic heterocycles. The summed E-state index contributed by atoms with van der Waals surface area (Å²) in [6.07, 6.45) is -4.42. The minimum Gasteiger partial charge on any atom is -0.481 e. The number of halogens is 3. The van der Waals surface area contributed by atoms with E-state index in [-0.39, 0.29) is 6.54 Å². The van der Waals surface area contributed by atoms with Gasteiger partial charge in [0.2, 0.25) is 0 Å². The van der Waals surface area contributed by atoms with Gasteiger partial charge in [0.1, 0.15) is 0 Å². The standard InChI is InChI=1S/C20H16F3NO3/c1-12(19(26)27)16-10-18(25)24(17-5-3-2-4-15(16)17)11-13-6-8-14(9-7-13)20(21,22)23/h2-10,12H,11H2,1H3,(H,26,27). The number of carboxylic acid groups (broad SMARTS) is 1. The number of hydrogen-bond acceptors (Lipinski definition) is 2. The summed E-state index contributed by atoms with van der Waals surface area (Å²) in [5, 5.41) is 9.91. The van der Waals surface area contributed by atoms with Gasteiger partial charge in [0.05, 0.1) is 23.5 Å². The molecule has 0 aliphatic rings. The lowest BCUT2D eigenvalue weighted by atomic mass is 9.97. The number of benzene rings is 2. The first-order valence-corrected chi connectivity index (χ1v) is 8.20. The van der Waals surface area contributed by atoms with E-state index in [1.165, 1.54) is 29.7 Å². The van der Waals surface area contributed by atoms with Crippen molar-refractivity contribution < 1.29 is 23.1 Å². The molecule has 0 amide bonds. The normalized spacial score (nSPS) is 12.9. The molecule has 3 rings (SSSR count). The van der Waals surface area contributed by atoms with E-state index in [4.69, 9.17) is 0 Å². The molecule has 1 N–H and O–H groups in total. The summed E-state index contributed by atoms with van der Waals surface area (Å²) in [4.78, 5) is 23.9. The monoisotopic (exact) mass is 375 g/mol. The maximum Gasteiger partial charge on any atom is 0.416 e. The second-order valence-electron chi connectivity index (χ2n) is 6.30. The Morgan fingerprint density at radius 3 is 2.33 bits per heavy atom. The maximum atomic E-state index is 12.7. The van der Waals surface area contributed by atoms with Gasteiger partial charge in [-0.25, -0.2) is 0 Å². The lowest BCUT2D eigenvalue weighted by Gasteiger charge is -2.16. The first-order valence-electron chi connectivity index (χ1n) is 8.20. The van der Waals surface area contributed by atoms with Crippen molar-refractivity contribution >= 4 is 16.9 Å². The van der Waals surface area contributed by atoms with Crippen molar-refractivity contribution in [1.82, 2.24) is 4.57 Å². The molecule has 0 spiro atoms. The first kappa shape index (κ1) is 18.7. The molecule has 4 nitrogen and oxygen atoms in total. The van der Waals surface area contributed by atoms with Crippen LogP contribution in [0.4, 0.5) is 13.2 Å². The van der Waals surface area contributed by atoms with E-state index in [0.29, 0.717) is 22.0 Å². The Kier molecular flexibility index (Phi) is 4.78. The van der Waals surface area contributed by atoms with Gasteiger partial charge in [0.25, 0.3) is 5.56 Å². The predicted molar refractivity (Wildman–Crippen MR) is 94.8 cm³/mol. The summed E-state index contributed by atoms with van der Waals surface area (Å²) in [5.41, 5.74) is 0.319. The number of nitrogens with zero attached hydrogens (tertiary/aromatic N) is 1. The molecular weight excluding hydrogens is 359 g/mol. The van der Waals surface area contributed by atoms with Crippen molar-refractivity contribution in [3.05, 3.63) is 81.6 Å². The fourth-order valence-electron chi connectivity index (χ4n) is 3.00. The van der Waals surface area contributed by atoms with Crippen LogP contribution in [0.15, 0.2) is 59.4 Å². The third kappa shape index (κ3) is 3.72. The number of aromatic nitrogens is 1. The van der Waals surface area contributed by atoms with Crippen LogP contribution in [0, 0.1) is 0 Å². The van der Waals surface area contributed by atoms with Crippen LogP contribution in [0.25, 0.3) is 10.9 Å². The van der Waals surface area contributed by atoms with Crippen LogP contribution in [0.1, 0.15) is 29.5 Å². The summed E-state index contributed by atoms with van der Waals surface area (Å²) in [6.45, 7) is 1.59. The molecule has 1 atom stereocenters. The smallest absolute Gasteiger partial charge is 0.416 e. The van der Waals surface area contributed by atoms with Crippen molar-refractivity contribution in [3.8, 4) is 0 Å². The summed E-state index contributed by atoms with van der Waals surface area (Å²) in [5.74, 6) is -1.90. The summed E-state index contributed by atoms with van der Waals surface area (Å²) < 4.78 is 39.5. The van der Waals surface area contributed by atoms with Crippen LogP contribution in [-0.4, -0.2) is 15.6 Å². The van der Waals surface area contributed by atoms with Crippen LogP contribution in [0.2, 0.25) is 0 Å². The molecule has 0 fully saturated rings. The number of para-hydroxylation sites is 1.